The van der Waals surface area contributed by atoms with Gasteiger partial charge in [-0.25, -0.2) is 9.78 Å². The van der Waals surface area contributed by atoms with Gasteiger partial charge in [-0.1, -0.05) is 69.7 Å². The van der Waals surface area contributed by atoms with Gasteiger partial charge in [-0.05, 0) is 58.1 Å². The number of aromatic nitrogens is 2. The predicted molar refractivity (Wildman–Crippen MR) is 147 cm³/mol. The average molecular weight is 496 g/mol. The molecular formula is C30H45N3O3. The van der Waals surface area contributed by atoms with Crippen LogP contribution >= 0.6 is 0 Å². The Morgan fingerprint density at radius 3 is 2.44 bits per heavy atom. The number of hydrogen-bond acceptors (Lipinski definition) is 5. The molecule has 2 aromatic rings. The Morgan fingerprint density at radius 1 is 1.03 bits per heavy atom. The molecule has 0 saturated carbocycles. The Morgan fingerprint density at radius 2 is 1.75 bits per heavy atom. The van der Waals surface area contributed by atoms with Crippen LogP contribution in [0.15, 0.2) is 54.6 Å². The maximum atomic E-state index is 12.8. The lowest BCUT2D eigenvalue weighted by Gasteiger charge is -2.21. The van der Waals surface area contributed by atoms with Gasteiger partial charge in [0.05, 0.1) is 6.42 Å². The minimum Gasteiger partial charge on any atom is -0.457 e. The van der Waals surface area contributed by atoms with Crippen molar-refractivity contribution in [3.8, 4) is 0 Å². The Labute approximate surface area is 217 Å². The molecular weight excluding hydrogens is 450 g/mol. The Balaban J connectivity index is 1.86. The molecule has 0 amide bonds. The van der Waals surface area contributed by atoms with Gasteiger partial charge in [-0.15, -0.1) is 0 Å². The number of carbonyl (C=O) groups is 2. The Hall–Kier alpha value is -2.89. The fourth-order valence-electron chi connectivity index (χ4n) is 4.02. The van der Waals surface area contributed by atoms with E-state index in [0.29, 0.717) is 19.4 Å². The quantitative estimate of drug-likeness (QED) is 0.149. The molecule has 1 N–H and O–H groups in total. The lowest BCUT2D eigenvalue weighted by Crippen LogP contribution is -2.25. The zero-order chi connectivity index (χ0) is 26.2. The number of imidazole rings is 1. The summed E-state index contributed by atoms with van der Waals surface area (Å²) >= 11 is 0. The minimum atomic E-state index is -0.506. The van der Waals surface area contributed by atoms with Crippen LogP contribution in [-0.2, 0) is 16.0 Å². The number of benzene rings is 1. The van der Waals surface area contributed by atoms with Crippen molar-refractivity contribution in [2.75, 3.05) is 11.9 Å². The number of unbranched alkanes of at least 4 members (excludes halogenated alkanes) is 7. The van der Waals surface area contributed by atoms with Gasteiger partial charge in [-0.3, -0.25) is 9.36 Å². The van der Waals surface area contributed by atoms with Gasteiger partial charge >= 0.3 is 5.97 Å². The van der Waals surface area contributed by atoms with Crippen molar-refractivity contribution in [1.82, 2.24) is 9.55 Å². The number of nitrogens with one attached hydrogen (secondary N) is 1. The van der Waals surface area contributed by atoms with Crippen LogP contribution in [0, 0.1) is 0 Å². The molecule has 0 atom stereocenters. The molecule has 1 heterocycles. The lowest BCUT2D eigenvalue weighted by atomic mass is 10.0. The standard InChI is InChI=1S/C30H45N3O3/c1-5-6-7-8-9-10-11-12-16-25(29(35)36-30(2,3)4)18-15-20-32-27-19-14-13-17-26(27)23-28(34)33-22-21-31-24-33/h13-14,16-17,19,21-22,24,32H,5-12,15,18,20,23H2,1-4H3/b25-16+. The van der Waals surface area contributed by atoms with Gasteiger partial charge in [0.2, 0.25) is 5.91 Å². The number of carbonyl (C=O) groups excluding carboxylic acids is 2. The molecule has 36 heavy (non-hydrogen) atoms. The van der Waals surface area contributed by atoms with E-state index in [1.54, 1.807) is 12.4 Å². The summed E-state index contributed by atoms with van der Waals surface area (Å²) < 4.78 is 7.16. The summed E-state index contributed by atoms with van der Waals surface area (Å²) in [5.41, 5.74) is 2.14. The predicted octanol–water partition coefficient (Wildman–Crippen LogP) is 7.37. The molecule has 0 unspecified atom stereocenters. The van der Waals surface area contributed by atoms with Crippen LogP contribution < -0.4 is 5.32 Å². The van der Waals surface area contributed by atoms with Crippen molar-refractivity contribution >= 4 is 17.6 Å². The first kappa shape index (κ1) is 29.3. The topological polar surface area (TPSA) is 73.2 Å². The fourth-order valence-corrected chi connectivity index (χ4v) is 4.02. The number of para-hydroxylation sites is 1. The third-order valence-electron chi connectivity index (χ3n) is 5.95. The number of anilines is 1. The van der Waals surface area contributed by atoms with Crippen molar-refractivity contribution in [2.45, 2.75) is 104 Å². The SMILES string of the molecule is CCCCCCCCC/C=C(\CCCNc1ccccc1CC(=O)n1ccnc1)C(=O)OC(C)(C)C. The number of hydrogen-bond donors (Lipinski definition) is 1. The summed E-state index contributed by atoms with van der Waals surface area (Å²) in [6.45, 7) is 8.66. The van der Waals surface area contributed by atoms with Gasteiger partial charge in [0.25, 0.3) is 0 Å². The van der Waals surface area contributed by atoms with Gasteiger partial charge in [0, 0.05) is 30.2 Å². The van der Waals surface area contributed by atoms with Crippen molar-refractivity contribution in [2.24, 2.45) is 0 Å². The summed E-state index contributed by atoms with van der Waals surface area (Å²) in [7, 11) is 0. The summed E-state index contributed by atoms with van der Waals surface area (Å²) in [6, 6.07) is 7.85. The van der Waals surface area contributed by atoms with Crippen molar-refractivity contribution in [3.05, 3.63) is 60.2 Å². The molecule has 198 valence electrons. The maximum absolute atomic E-state index is 12.8. The molecule has 0 radical (unpaired) electrons. The molecule has 2 rings (SSSR count). The Kier molecular flexibility index (Phi) is 13.0. The van der Waals surface area contributed by atoms with Crippen LogP contribution in [0.5, 0.6) is 0 Å². The Bertz CT molecular complexity index is 943. The van der Waals surface area contributed by atoms with Crippen molar-refractivity contribution < 1.29 is 14.3 Å². The molecule has 0 bridgehead atoms. The summed E-state index contributed by atoms with van der Waals surface area (Å²) in [6.07, 6.45) is 18.3. The lowest BCUT2D eigenvalue weighted by molar-refractivity contribution is -0.150. The van der Waals surface area contributed by atoms with E-state index in [-0.39, 0.29) is 11.9 Å². The second-order valence-electron chi connectivity index (χ2n) is 10.4. The van der Waals surface area contributed by atoms with Crippen molar-refractivity contribution in [1.29, 1.82) is 0 Å². The van der Waals surface area contributed by atoms with Gasteiger partial charge < -0.3 is 10.1 Å². The molecule has 0 spiro atoms. The summed E-state index contributed by atoms with van der Waals surface area (Å²) in [5.74, 6) is -0.237. The molecule has 0 fully saturated rings. The molecule has 0 saturated heterocycles. The molecule has 1 aromatic carbocycles. The number of rotatable bonds is 16. The smallest absolute Gasteiger partial charge is 0.334 e. The van der Waals surface area contributed by atoms with E-state index in [1.807, 2.05) is 45.0 Å². The van der Waals surface area contributed by atoms with E-state index in [0.717, 1.165) is 36.1 Å². The fraction of sp³-hybridized carbons (Fsp3) is 0.567. The van der Waals surface area contributed by atoms with Crippen LogP contribution in [0.3, 0.4) is 0 Å². The van der Waals surface area contributed by atoms with E-state index < -0.39 is 5.60 Å². The van der Waals surface area contributed by atoms with Crippen LogP contribution in [0.4, 0.5) is 5.69 Å². The highest BCUT2D eigenvalue weighted by molar-refractivity contribution is 5.88. The highest BCUT2D eigenvalue weighted by Crippen LogP contribution is 2.19. The molecule has 0 aliphatic rings. The van der Waals surface area contributed by atoms with Crippen LogP contribution in [-0.4, -0.2) is 33.6 Å². The first-order chi connectivity index (χ1) is 17.3. The molecule has 6 heteroatoms. The van der Waals surface area contributed by atoms with E-state index >= 15 is 0 Å². The average Bonchev–Trinajstić information content (AvgIpc) is 3.37. The van der Waals surface area contributed by atoms with Gasteiger partial charge in [-0.2, -0.15) is 0 Å². The van der Waals surface area contributed by atoms with E-state index in [2.05, 4.69) is 23.3 Å². The van der Waals surface area contributed by atoms with Crippen LogP contribution in [0.2, 0.25) is 0 Å². The first-order valence-corrected chi connectivity index (χ1v) is 13.6. The normalized spacial score (nSPS) is 11.9. The highest BCUT2D eigenvalue weighted by Gasteiger charge is 2.19. The second-order valence-corrected chi connectivity index (χ2v) is 10.4. The minimum absolute atomic E-state index is 0.0257. The second kappa shape index (κ2) is 16.0. The molecule has 1 aromatic heterocycles. The molecule has 0 aliphatic carbocycles. The van der Waals surface area contributed by atoms with E-state index in [4.69, 9.17) is 4.74 Å². The maximum Gasteiger partial charge on any atom is 0.334 e. The monoisotopic (exact) mass is 495 g/mol. The molecule has 6 nitrogen and oxygen atoms in total. The third-order valence-corrected chi connectivity index (χ3v) is 5.95. The largest absolute Gasteiger partial charge is 0.457 e. The van der Waals surface area contributed by atoms with Crippen LogP contribution in [0.25, 0.3) is 0 Å². The van der Waals surface area contributed by atoms with Gasteiger partial charge in [0.15, 0.2) is 0 Å². The highest BCUT2D eigenvalue weighted by atomic mass is 16.6. The first-order valence-electron chi connectivity index (χ1n) is 13.6. The van der Waals surface area contributed by atoms with Crippen molar-refractivity contribution in [3.63, 3.8) is 0 Å². The zero-order valence-corrected chi connectivity index (χ0v) is 22.7. The molecule has 0 aliphatic heterocycles. The zero-order valence-electron chi connectivity index (χ0n) is 22.7. The number of nitrogens with zero attached hydrogens (tertiary/aromatic N) is 2. The summed E-state index contributed by atoms with van der Waals surface area (Å²) in [5, 5.41) is 3.45. The van der Waals surface area contributed by atoms with Gasteiger partial charge in [0.1, 0.15) is 11.9 Å². The van der Waals surface area contributed by atoms with E-state index in [9.17, 15) is 9.59 Å². The van der Waals surface area contributed by atoms with E-state index in [1.165, 1.54) is 49.4 Å². The third kappa shape index (κ3) is 11.7. The summed E-state index contributed by atoms with van der Waals surface area (Å²) in [4.78, 5) is 29.2. The van der Waals surface area contributed by atoms with Crippen LogP contribution in [0.1, 0.15) is 102 Å². The number of esters is 1. The number of ether oxygens (including phenoxy) is 1. The number of allylic oxidation sites excluding steroid dienone is 1.